The molecule has 0 aliphatic heterocycles. The second kappa shape index (κ2) is 15.0. The summed E-state index contributed by atoms with van der Waals surface area (Å²) in [5.41, 5.74) is 2.91. The molecule has 0 unspecified atom stereocenters. The van der Waals surface area contributed by atoms with E-state index in [4.69, 9.17) is 4.74 Å². The Morgan fingerprint density at radius 3 is 2.07 bits per heavy atom. The summed E-state index contributed by atoms with van der Waals surface area (Å²) in [6.07, 6.45) is 1.58. The van der Waals surface area contributed by atoms with Crippen molar-refractivity contribution in [3.05, 3.63) is 120 Å². The van der Waals surface area contributed by atoms with Crippen LogP contribution in [0.5, 0.6) is 5.75 Å². The van der Waals surface area contributed by atoms with E-state index in [1.165, 1.54) is 18.7 Å². The van der Waals surface area contributed by atoms with Crippen molar-refractivity contribution in [1.29, 1.82) is 0 Å². The molecule has 0 radical (unpaired) electrons. The zero-order valence-corrected chi connectivity index (χ0v) is 24.4. The van der Waals surface area contributed by atoms with Crippen LogP contribution in [0.4, 0.5) is 17.1 Å². The van der Waals surface area contributed by atoms with Crippen molar-refractivity contribution in [3.8, 4) is 5.75 Å². The Labute approximate surface area is 253 Å². The Kier molecular flexibility index (Phi) is 10.7. The molecule has 0 aromatic heterocycles. The Morgan fingerprint density at radius 2 is 1.42 bits per heavy atom. The van der Waals surface area contributed by atoms with E-state index in [1.807, 2.05) is 6.07 Å². The second-order valence-electron chi connectivity index (χ2n) is 9.23. The maximum absolute atomic E-state index is 13.4. The zero-order valence-electron chi connectivity index (χ0n) is 23.5. The van der Waals surface area contributed by atoms with Crippen LogP contribution in [0.3, 0.4) is 0 Å². The largest absolute Gasteiger partial charge is 0.497 e. The van der Waals surface area contributed by atoms with E-state index in [2.05, 4.69) is 21.3 Å². The monoisotopic (exact) mass is 594 g/mol. The lowest BCUT2D eigenvalue weighted by Crippen LogP contribution is -2.30. The summed E-state index contributed by atoms with van der Waals surface area (Å²) in [7, 11) is 1.57. The number of hydrogen-bond acceptors (Lipinski definition) is 6. The summed E-state index contributed by atoms with van der Waals surface area (Å²) in [5.74, 6) is -0.508. The van der Waals surface area contributed by atoms with Gasteiger partial charge >= 0.3 is 0 Å². The summed E-state index contributed by atoms with van der Waals surface area (Å²) in [4.78, 5) is 50.7. The average molecular weight is 595 g/mol. The number of benzene rings is 4. The third kappa shape index (κ3) is 9.61. The summed E-state index contributed by atoms with van der Waals surface area (Å²) < 4.78 is 5.20. The van der Waals surface area contributed by atoms with Crippen LogP contribution in [0.25, 0.3) is 6.08 Å². The van der Waals surface area contributed by atoms with Crippen molar-refractivity contribution in [2.24, 2.45) is 0 Å². The van der Waals surface area contributed by atoms with Crippen molar-refractivity contribution in [2.45, 2.75) is 11.8 Å². The van der Waals surface area contributed by atoms with Gasteiger partial charge in [-0.1, -0.05) is 36.4 Å². The topological polar surface area (TPSA) is 126 Å². The van der Waals surface area contributed by atoms with Crippen molar-refractivity contribution in [3.63, 3.8) is 0 Å². The number of carbonyl (C=O) groups excluding carboxylic acids is 4. The van der Waals surface area contributed by atoms with Crippen molar-refractivity contribution < 1.29 is 23.9 Å². The summed E-state index contributed by atoms with van der Waals surface area (Å²) in [6, 6.07) is 29.6. The standard InChI is InChI=1S/C33H30N4O5S/c1-22(38)34-25-13-15-26(16-14-25)35-31(39)21-43-29-10-6-9-27(20-29)36-33(41)30(19-23-11-17-28(42-2)18-12-23)37-32(40)24-7-4-3-5-8-24/h3-20H,21H2,1-2H3,(H,34,38)(H,35,39)(H,36,41)(H,37,40)/b30-19+. The van der Waals surface area contributed by atoms with Crippen molar-refractivity contribution in [2.75, 3.05) is 28.8 Å². The molecule has 4 aromatic rings. The molecule has 0 heterocycles. The minimum absolute atomic E-state index is 0.0565. The first kappa shape index (κ1) is 30.6. The molecule has 0 aliphatic carbocycles. The van der Waals surface area contributed by atoms with Gasteiger partial charge in [0.2, 0.25) is 11.8 Å². The minimum Gasteiger partial charge on any atom is -0.497 e. The van der Waals surface area contributed by atoms with Gasteiger partial charge in [0.05, 0.1) is 12.9 Å². The van der Waals surface area contributed by atoms with E-state index >= 15 is 0 Å². The number of rotatable bonds is 11. The smallest absolute Gasteiger partial charge is 0.272 e. The second-order valence-corrected chi connectivity index (χ2v) is 10.3. The highest BCUT2D eigenvalue weighted by molar-refractivity contribution is 8.00. The highest BCUT2D eigenvalue weighted by Crippen LogP contribution is 2.23. The molecule has 0 saturated carbocycles. The van der Waals surface area contributed by atoms with Gasteiger partial charge in [0.25, 0.3) is 11.8 Å². The van der Waals surface area contributed by atoms with Gasteiger partial charge in [-0.15, -0.1) is 11.8 Å². The van der Waals surface area contributed by atoms with Gasteiger partial charge in [0, 0.05) is 34.4 Å². The van der Waals surface area contributed by atoms with E-state index in [0.29, 0.717) is 33.9 Å². The Hall–Kier alpha value is -5.35. The first-order chi connectivity index (χ1) is 20.8. The molecule has 4 N–H and O–H groups in total. The number of thioether (sulfide) groups is 1. The molecular weight excluding hydrogens is 564 g/mol. The first-order valence-corrected chi connectivity index (χ1v) is 14.2. The van der Waals surface area contributed by atoms with Gasteiger partial charge in [-0.25, -0.2) is 0 Å². The van der Waals surface area contributed by atoms with Crippen LogP contribution < -0.4 is 26.0 Å². The van der Waals surface area contributed by atoms with E-state index in [1.54, 1.807) is 110 Å². The SMILES string of the molecule is COc1ccc(/C=C(/NC(=O)c2ccccc2)C(=O)Nc2cccc(SCC(=O)Nc3ccc(NC(C)=O)cc3)c2)cc1. The van der Waals surface area contributed by atoms with Gasteiger partial charge in [-0.3, -0.25) is 19.2 Å². The van der Waals surface area contributed by atoms with E-state index in [-0.39, 0.29) is 23.3 Å². The quantitative estimate of drug-likeness (QED) is 0.129. The van der Waals surface area contributed by atoms with Gasteiger partial charge in [-0.2, -0.15) is 0 Å². The van der Waals surface area contributed by atoms with Gasteiger partial charge < -0.3 is 26.0 Å². The lowest BCUT2D eigenvalue weighted by atomic mass is 10.1. The van der Waals surface area contributed by atoms with Crippen LogP contribution >= 0.6 is 11.8 Å². The molecule has 0 saturated heterocycles. The third-order valence-electron chi connectivity index (χ3n) is 5.91. The van der Waals surface area contributed by atoms with Crippen molar-refractivity contribution >= 4 is 58.5 Å². The minimum atomic E-state index is -0.511. The molecule has 43 heavy (non-hydrogen) atoms. The lowest BCUT2D eigenvalue weighted by Gasteiger charge is -2.12. The first-order valence-electron chi connectivity index (χ1n) is 13.2. The molecule has 0 atom stereocenters. The number of hydrogen-bond donors (Lipinski definition) is 4. The number of nitrogens with one attached hydrogen (secondary N) is 4. The van der Waals surface area contributed by atoms with Crippen LogP contribution in [-0.2, 0) is 14.4 Å². The van der Waals surface area contributed by atoms with Crippen LogP contribution in [0.1, 0.15) is 22.8 Å². The maximum atomic E-state index is 13.4. The Morgan fingerprint density at radius 1 is 0.744 bits per heavy atom. The molecule has 0 bridgehead atoms. The molecule has 10 heteroatoms. The summed E-state index contributed by atoms with van der Waals surface area (Å²) in [6.45, 7) is 1.43. The number of ether oxygens (including phenoxy) is 1. The molecule has 9 nitrogen and oxygen atoms in total. The molecule has 4 rings (SSSR count). The molecule has 4 amide bonds. The van der Waals surface area contributed by atoms with Crippen molar-refractivity contribution in [1.82, 2.24) is 5.32 Å². The number of methoxy groups -OCH3 is 1. The predicted molar refractivity (Wildman–Crippen MR) is 170 cm³/mol. The zero-order chi connectivity index (χ0) is 30.6. The van der Waals surface area contributed by atoms with Gasteiger partial charge in [0.15, 0.2) is 0 Å². The van der Waals surface area contributed by atoms with Crippen LogP contribution in [0, 0.1) is 0 Å². The number of anilines is 3. The Balaban J connectivity index is 1.41. The normalized spacial score (nSPS) is 10.8. The van der Waals surface area contributed by atoms with Crippen LogP contribution in [-0.4, -0.2) is 36.5 Å². The van der Waals surface area contributed by atoms with E-state index in [9.17, 15) is 19.2 Å². The molecular formula is C33H30N4O5S. The Bertz CT molecular complexity index is 1620. The fourth-order valence-corrected chi connectivity index (χ4v) is 4.61. The van der Waals surface area contributed by atoms with Gasteiger partial charge in [0.1, 0.15) is 11.4 Å². The predicted octanol–water partition coefficient (Wildman–Crippen LogP) is 5.79. The van der Waals surface area contributed by atoms with Crippen LogP contribution in [0.2, 0.25) is 0 Å². The fraction of sp³-hybridized carbons (Fsp3) is 0.0909. The van der Waals surface area contributed by atoms with Gasteiger partial charge in [-0.05, 0) is 78.4 Å². The maximum Gasteiger partial charge on any atom is 0.272 e. The molecule has 0 aliphatic rings. The van der Waals surface area contributed by atoms with E-state index < -0.39 is 11.8 Å². The van der Waals surface area contributed by atoms with Crippen LogP contribution in [0.15, 0.2) is 114 Å². The number of amides is 4. The fourth-order valence-electron chi connectivity index (χ4n) is 3.86. The molecule has 218 valence electrons. The summed E-state index contributed by atoms with van der Waals surface area (Å²) >= 11 is 1.31. The number of carbonyl (C=O) groups is 4. The van der Waals surface area contributed by atoms with E-state index in [0.717, 1.165) is 4.90 Å². The lowest BCUT2D eigenvalue weighted by molar-refractivity contribution is -0.114. The third-order valence-corrected chi connectivity index (χ3v) is 6.90. The highest BCUT2D eigenvalue weighted by Gasteiger charge is 2.15. The molecule has 0 fully saturated rings. The molecule has 4 aromatic carbocycles. The molecule has 0 spiro atoms. The highest BCUT2D eigenvalue weighted by atomic mass is 32.2. The average Bonchev–Trinajstić information content (AvgIpc) is 3.01. The summed E-state index contributed by atoms with van der Waals surface area (Å²) in [5, 5.41) is 11.1.